The second kappa shape index (κ2) is 7.15. The fraction of sp³-hybridized carbons (Fsp3) is 0.278. The van der Waals surface area contributed by atoms with Crippen LogP contribution in [0.1, 0.15) is 35.3 Å². The standard InChI is InChI=1S/C18H21NO4S/c1-18(2,16-7-5-4-6-8-16)19-24(21,22)13-14-9-11-15(12-10-14)17(20)23-3/h4-12,19H,13H2,1-3H3. The lowest BCUT2D eigenvalue weighted by atomic mass is 9.96. The molecule has 0 fully saturated rings. The minimum atomic E-state index is -3.55. The zero-order valence-electron chi connectivity index (χ0n) is 13.9. The Bertz CT molecular complexity index is 797. The third-order valence-electron chi connectivity index (χ3n) is 3.64. The maximum absolute atomic E-state index is 12.5. The first-order chi connectivity index (χ1) is 11.2. The monoisotopic (exact) mass is 347 g/mol. The third-order valence-corrected chi connectivity index (χ3v) is 5.17. The van der Waals surface area contributed by atoms with E-state index in [4.69, 9.17) is 0 Å². The van der Waals surface area contributed by atoms with Crippen molar-refractivity contribution in [1.29, 1.82) is 0 Å². The number of methoxy groups -OCH3 is 1. The molecule has 0 aliphatic carbocycles. The van der Waals surface area contributed by atoms with Gasteiger partial charge in [0.25, 0.3) is 0 Å². The Balaban J connectivity index is 2.12. The van der Waals surface area contributed by atoms with E-state index in [0.29, 0.717) is 11.1 Å². The van der Waals surface area contributed by atoms with Gasteiger partial charge in [-0.1, -0.05) is 42.5 Å². The Morgan fingerprint density at radius 2 is 1.62 bits per heavy atom. The normalized spacial score (nSPS) is 12.0. The molecule has 2 aromatic rings. The van der Waals surface area contributed by atoms with Gasteiger partial charge in [0, 0.05) is 0 Å². The molecule has 0 radical (unpaired) electrons. The number of sulfonamides is 1. The molecule has 0 aromatic heterocycles. The lowest BCUT2D eigenvalue weighted by molar-refractivity contribution is 0.0600. The maximum Gasteiger partial charge on any atom is 0.337 e. The molecule has 0 saturated carbocycles. The van der Waals surface area contributed by atoms with Gasteiger partial charge >= 0.3 is 5.97 Å². The van der Waals surface area contributed by atoms with E-state index in [-0.39, 0.29) is 5.75 Å². The minimum Gasteiger partial charge on any atom is -0.465 e. The average Bonchev–Trinajstić information content (AvgIpc) is 2.54. The zero-order chi connectivity index (χ0) is 17.8. The third kappa shape index (κ3) is 4.66. The summed E-state index contributed by atoms with van der Waals surface area (Å²) < 4.78 is 32.3. The highest BCUT2D eigenvalue weighted by molar-refractivity contribution is 7.88. The van der Waals surface area contributed by atoms with Gasteiger partial charge in [-0.25, -0.2) is 17.9 Å². The number of ether oxygens (including phenoxy) is 1. The molecule has 0 aliphatic heterocycles. The average molecular weight is 347 g/mol. The molecule has 5 nitrogen and oxygen atoms in total. The molecule has 0 amide bonds. The summed E-state index contributed by atoms with van der Waals surface area (Å²) in [7, 11) is -2.24. The molecule has 0 spiro atoms. The van der Waals surface area contributed by atoms with Gasteiger partial charge in [0.15, 0.2) is 0 Å². The van der Waals surface area contributed by atoms with Gasteiger partial charge in [-0.05, 0) is 37.1 Å². The first kappa shape index (κ1) is 18.2. The predicted molar refractivity (Wildman–Crippen MR) is 93.0 cm³/mol. The van der Waals surface area contributed by atoms with Crippen LogP contribution in [0.2, 0.25) is 0 Å². The number of hydrogen-bond acceptors (Lipinski definition) is 4. The van der Waals surface area contributed by atoms with Crippen LogP contribution in [0.25, 0.3) is 0 Å². The van der Waals surface area contributed by atoms with Crippen molar-refractivity contribution >= 4 is 16.0 Å². The highest BCUT2D eigenvalue weighted by Gasteiger charge is 2.26. The number of nitrogens with one attached hydrogen (secondary N) is 1. The van der Waals surface area contributed by atoms with Crippen LogP contribution < -0.4 is 4.72 Å². The fourth-order valence-electron chi connectivity index (χ4n) is 2.41. The predicted octanol–water partition coefficient (Wildman–Crippen LogP) is 2.83. The Labute approximate surface area is 142 Å². The van der Waals surface area contributed by atoms with Crippen LogP contribution in [-0.2, 0) is 26.1 Å². The Hall–Kier alpha value is -2.18. The number of carbonyl (C=O) groups excluding carboxylic acids is 1. The molecule has 24 heavy (non-hydrogen) atoms. The van der Waals surface area contributed by atoms with Crippen LogP contribution in [0.3, 0.4) is 0 Å². The summed E-state index contributed by atoms with van der Waals surface area (Å²) in [6, 6.07) is 15.7. The minimum absolute atomic E-state index is 0.162. The summed E-state index contributed by atoms with van der Waals surface area (Å²) in [6.07, 6.45) is 0. The van der Waals surface area contributed by atoms with E-state index in [1.54, 1.807) is 24.3 Å². The van der Waals surface area contributed by atoms with Crippen molar-refractivity contribution in [3.05, 3.63) is 71.3 Å². The molecule has 0 bridgehead atoms. The van der Waals surface area contributed by atoms with Gasteiger partial charge in [-0.2, -0.15) is 0 Å². The molecule has 0 saturated heterocycles. The molecule has 0 unspecified atom stereocenters. The van der Waals surface area contributed by atoms with Gasteiger partial charge in [-0.3, -0.25) is 0 Å². The van der Waals surface area contributed by atoms with Crippen molar-refractivity contribution < 1.29 is 17.9 Å². The van der Waals surface area contributed by atoms with Gasteiger partial charge in [0.2, 0.25) is 10.0 Å². The first-order valence-corrected chi connectivity index (χ1v) is 9.13. The molecular weight excluding hydrogens is 326 g/mol. The summed E-state index contributed by atoms with van der Waals surface area (Å²) in [5, 5.41) is 0. The summed E-state index contributed by atoms with van der Waals surface area (Å²) >= 11 is 0. The van der Waals surface area contributed by atoms with Crippen LogP contribution in [0, 0.1) is 0 Å². The van der Waals surface area contributed by atoms with Crippen LogP contribution in [0.5, 0.6) is 0 Å². The van der Waals surface area contributed by atoms with Gasteiger partial charge in [-0.15, -0.1) is 0 Å². The lowest BCUT2D eigenvalue weighted by Crippen LogP contribution is -2.41. The van der Waals surface area contributed by atoms with E-state index >= 15 is 0 Å². The van der Waals surface area contributed by atoms with Crippen molar-refractivity contribution in [3.63, 3.8) is 0 Å². The van der Waals surface area contributed by atoms with E-state index in [0.717, 1.165) is 5.56 Å². The molecule has 128 valence electrons. The fourth-order valence-corrected chi connectivity index (χ4v) is 4.01. The summed E-state index contributed by atoms with van der Waals surface area (Å²) in [5.74, 6) is -0.613. The Morgan fingerprint density at radius 1 is 1.04 bits per heavy atom. The maximum atomic E-state index is 12.5. The number of esters is 1. The summed E-state index contributed by atoms with van der Waals surface area (Å²) in [5.41, 5.74) is 1.15. The van der Waals surface area contributed by atoms with Crippen LogP contribution in [0.15, 0.2) is 54.6 Å². The molecule has 1 N–H and O–H groups in total. The van der Waals surface area contributed by atoms with E-state index in [2.05, 4.69) is 9.46 Å². The van der Waals surface area contributed by atoms with Crippen LogP contribution >= 0.6 is 0 Å². The zero-order valence-corrected chi connectivity index (χ0v) is 14.8. The highest BCUT2D eigenvalue weighted by Crippen LogP contribution is 2.21. The van der Waals surface area contributed by atoms with Gasteiger partial charge < -0.3 is 4.74 Å². The van der Waals surface area contributed by atoms with Crippen molar-refractivity contribution in [1.82, 2.24) is 4.72 Å². The molecule has 6 heteroatoms. The van der Waals surface area contributed by atoms with Gasteiger partial charge in [0.1, 0.15) is 0 Å². The lowest BCUT2D eigenvalue weighted by Gasteiger charge is -2.26. The number of rotatable bonds is 6. The topological polar surface area (TPSA) is 72.5 Å². The van der Waals surface area contributed by atoms with E-state index in [9.17, 15) is 13.2 Å². The Kier molecular flexibility index (Phi) is 5.41. The molecule has 0 heterocycles. The number of carbonyl (C=O) groups is 1. The summed E-state index contributed by atoms with van der Waals surface area (Å²) in [4.78, 5) is 11.4. The van der Waals surface area contributed by atoms with E-state index in [1.807, 2.05) is 44.2 Å². The van der Waals surface area contributed by atoms with Gasteiger partial charge in [0.05, 0.1) is 24.0 Å². The van der Waals surface area contributed by atoms with Crippen molar-refractivity contribution in [3.8, 4) is 0 Å². The van der Waals surface area contributed by atoms with E-state index < -0.39 is 21.5 Å². The van der Waals surface area contributed by atoms with E-state index in [1.165, 1.54) is 7.11 Å². The number of benzene rings is 2. The number of hydrogen-bond donors (Lipinski definition) is 1. The smallest absolute Gasteiger partial charge is 0.337 e. The molecule has 2 aromatic carbocycles. The molecular formula is C18H21NO4S. The van der Waals surface area contributed by atoms with Crippen LogP contribution in [-0.4, -0.2) is 21.5 Å². The second-order valence-corrected chi connectivity index (χ2v) is 7.76. The van der Waals surface area contributed by atoms with Crippen molar-refractivity contribution in [2.45, 2.75) is 25.1 Å². The highest BCUT2D eigenvalue weighted by atomic mass is 32.2. The first-order valence-electron chi connectivity index (χ1n) is 7.48. The summed E-state index contributed by atoms with van der Waals surface area (Å²) in [6.45, 7) is 3.64. The van der Waals surface area contributed by atoms with Crippen LogP contribution in [0.4, 0.5) is 0 Å². The quantitative estimate of drug-likeness (QED) is 0.816. The Morgan fingerprint density at radius 3 is 2.17 bits per heavy atom. The second-order valence-electron chi connectivity index (χ2n) is 6.04. The molecule has 0 aliphatic rings. The molecule has 2 rings (SSSR count). The molecule has 0 atom stereocenters. The van der Waals surface area contributed by atoms with Crippen molar-refractivity contribution in [2.24, 2.45) is 0 Å². The SMILES string of the molecule is COC(=O)c1ccc(CS(=O)(=O)NC(C)(C)c2ccccc2)cc1. The van der Waals surface area contributed by atoms with Crippen molar-refractivity contribution in [2.75, 3.05) is 7.11 Å². The largest absolute Gasteiger partial charge is 0.465 e.